The van der Waals surface area contributed by atoms with Crippen molar-refractivity contribution in [2.45, 2.75) is 31.1 Å². The molecule has 0 heterocycles. The van der Waals surface area contributed by atoms with Crippen molar-refractivity contribution in [2.24, 2.45) is 5.14 Å². The van der Waals surface area contributed by atoms with Crippen LogP contribution < -0.4 is 5.14 Å². The van der Waals surface area contributed by atoms with Gasteiger partial charge < -0.3 is 0 Å². The average Bonchev–Trinajstić information content (AvgIpc) is 2.95. The van der Waals surface area contributed by atoms with Gasteiger partial charge in [0.1, 0.15) is 5.82 Å². The molecule has 2 aromatic carbocycles. The molecule has 120 valence electrons. The Bertz CT molecular complexity index is 884. The molecule has 1 aliphatic rings. The molecule has 0 atom stereocenters. The number of primary sulfonamides is 1. The lowest BCUT2D eigenvalue weighted by atomic mass is 9.96. The lowest BCUT2D eigenvalue weighted by Gasteiger charge is -2.10. The van der Waals surface area contributed by atoms with Gasteiger partial charge in [-0.3, -0.25) is 0 Å². The molecule has 0 saturated heterocycles. The first kappa shape index (κ1) is 15.9. The number of nitrogens with two attached hydrogens (primary N) is 1. The maximum Gasteiger partial charge on any atom is 0.238 e. The molecule has 3 nitrogen and oxygen atoms in total. The minimum absolute atomic E-state index is 0.0860. The quantitative estimate of drug-likeness (QED) is 0.928. The van der Waals surface area contributed by atoms with Gasteiger partial charge in [-0.05, 0) is 66.7 Å². The summed E-state index contributed by atoms with van der Waals surface area (Å²) in [6, 6.07) is 11.8. The molecule has 1 aliphatic carbocycles. The van der Waals surface area contributed by atoms with E-state index < -0.39 is 10.0 Å². The van der Waals surface area contributed by atoms with Gasteiger partial charge in [0.15, 0.2) is 0 Å². The van der Waals surface area contributed by atoms with Gasteiger partial charge in [-0.25, -0.2) is 17.9 Å². The number of benzene rings is 2. The summed E-state index contributed by atoms with van der Waals surface area (Å²) in [5.74, 6) is -0.208. The second-order valence-corrected chi connectivity index (χ2v) is 7.42. The third-order valence-corrected chi connectivity index (χ3v) is 5.13. The van der Waals surface area contributed by atoms with E-state index in [-0.39, 0.29) is 10.7 Å². The van der Waals surface area contributed by atoms with Gasteiger partial charge in [0.2, 0.25) is 10.0 Å². The summed E-state index contributed by atoms with van der Waals surface area (Å²) in [5.41, 5.74) is 4.53. The van der Waals surface area contributed by atoms with E-state index in [1.165, 1.54) is 12.1 Å². The van der Waals surface area contributed by atoms with Crippen molar-refractivity contribution in [2.75, 3.05) is 0 Å². The van der Waals surface area contributed by atoms with Gasteiger partial charge in [0.25, 0.3) is 0 Å². The first-order chi connectivity index (χ1) is 10.9. The van der Waals surface area contributed by atoms with Gasteiger partial charge in [-0.2, -0.15) is 0 Å². The number of aryl methyl sites for hydroxylation is 1. The molecular weight excluding hydrogens is 313 g/mol. The molecule has 0 aliphatic heterocycles. The minimum Gasteiger partial charge on any atom is -0.225 e. The second-order valence-electron chi connectivity index (χ2n) is 5.86. The van der Waals surface area contributed by atoms with E-state index in [4.69, 9.17) is 5.14 Å². The van der Waals surface area contributed by atoms with Gasteiger partial charge in [0, 0.05) is 5.56 Å². The number of sulfonamides is 1. The van der Waals surface area contributed by atoms with Crippen LogP contribution in [0, 0.1) is 12.7 Å². The maximum absolute atomic E-state index is 14.3. The Hall–Kier alpha value is -1.98. The van der Waals surface area contributed by atoms with E-state index in [2.05, 4.69) is 0 Å². The molecule has 0 radical (unpaired) electrons. The van der Waals surface area contributed by atoms with Crippen LogP contribution in [0.3, 0.4) is 0 Å². The zero-order valence-electron chi connectivity index (χ0n) is 12.8. The molecule has 0 spiro atoms. The monoisotopic (exact) mass is 331 g/mol. The van der Waals surface area contributed by atoms with E-state index >= 15 is 0 Å². The van der Waals surface area contributed by atoms with Crippen LogP contribution in [0.4, 0.5) is 4.39 Å². The van der Waals surface area contributed by atoms with Gasteiger partial charge in [-0.1, -0.05) is 24.3 Å². The molecule has 3 rings (SSSR count). The number of halogens is 1. The smallest absolute Gasteiger partial charge is 0.225 e. The van der Waals surface area contributed by atoms with Crippen molar-refractivity contribution in [3.05, 3.63) is 65.0 Å². The molecule has 0 fully saturated rings. The van der Waals surface area contributed by atoms with Gasteiger partial charge >= 0.3 is 0 Å². The van der Waals surface area contributed by atoms with Gasteiger partial charge in [-0.15, -0.1) is 0 Å². The Morgan fingerprint density at radius 1 is 1.00 bits per heavy atom. The molecule has 0 amide bonds. The normalized spacial score (nSPS) is 15.3. The molecular formula is C18H18FNO2S. The van der Waals surface area contributed by atoms with Gasteiger partial charge in [0.05, 0.1) is 4.90 Å². The van der Waals surface area contributed by atoms with Crippen LogP contribution in [0.15, 0.2) is 47.4 Å². The Labute approximate surface area is 135 Å². The number of rotatable bonds is 3. The Balaban J connectivity index is 2.06. The fraction of sp³-hybridized carbons (Fsp3) is 0.222. The first-order valence-corrected chi connectivity index (χ1v) is 9.02. The van der Waals surface area contributed by atoms with Crippen molar-refractivity contribution < 1.29 is 12.8 Å². The van der Waals surface area contributed by atoms with E-state index in [1.807, 2.05) is 19.1 Å². The zero-order valence-corrected chi connectivity index (χ0v) is 13.7. The topological polar surface area (TPSA) is 60.2 Å². The summed E-state index contributed by atoms with van der Waals surface area (Å²) in [7, 11) is -3.70. The van der Waals surface area contributed by atoms with Crippen molar-refractivity contribution >= 4 is 21.2 Å². The summed E-state index contributed by atoms with van der Waals surface area (Å²) in [6.07, 6.45) is 2.65. The average molecular weight is 331 g/mol. The Kier molecular flexibility index (Phi) is 4.08. The van der Waals surface area contributed by atoms with Crippen molar-refractivity contribution in [3.63, 3.8) is 0 Å². The van der Waals surface area contributed by atoms with E-state index in [0.717, 1.165) is 41.5 Å². The van der Waals surface area contributed by atoms with Crippen LogP contribution in [0.2, 0.25) is 0 Å². The van der Waals surface area contributed by atoms with Crippen molar-refractivity contribution in [1.29, 1.82) is 0 Å². The van der Waals surface area contributed by atoms with Crippen molar-refractivity contribution in [3.8, 4) is 0 Å². The third kappa shape index (κ3) is 3.21. The van der Waals surface area contributed by atoms with Crippen molar-refractivity contribution in [1.82, 2.24) is 0 Å². The van der Waals surface area contributed by atoms with E-state index in [1.54, 1.807) is 18.2 Å². The highest BCUT2D eigenvalue weighted by Crippen LogP contribution is 2.40. The lowest BCUT2D eigenvalue weighted by molar-refractivity contribution is 0.598. The summed E-state index contributed by atoms with van der Waals surface area (Å²) >= 11 is 0. The molecule has 23 heavy (non-hydrogen) atoms. The number of allylic oxidation sites excluding steroid dienone is 2. The number of hydrogen-bond acceptors (Lipinski definition) is 2. The second kappa shape index (κ2) is 5.91. The van der Waals surface area contributed by atoms with Crippen LogP contribution >= 0.6 is 0 Å². The highest BCUT2D eigenvalue weighted by atomic mass is 32.2. The predicted molar refractivity (Wildman–Crippen MR) is 89.6 cm³/mol. The first-order valence-electron chi connectivity index (χ1n) is 7.48. The molecule has 2 N–H and O–H groups in total. The Morgan fingerprint density at radius 2 is 1.65 bits per heavy atom. The molecule has 0 unspecified atom stereocenters. The SMILES string of the molecule is Cc1ccc(C2=C(c3ccc(S(N)(=O)=O)cc3)CCC2)c(F)c1. The molecule has 0 saturated carbocycles. The summed E-state index contributed by atoms with van der Waals surface area (Å²) < 4.78 is 37.0. The standard InChI is InChI=1S/C18H18FNO2S/c1-12-5-10-17(18(19)11-12)16-4-2-3-15(16)13-6-8-14(9-7-13)23(20,21)22/h5-11H,2-4H2,1H3,(H2,20,21,22). The van der Waals surface area contributed by atoms with Crippen LogP contribution in [0.1, 0.15) is 36.0 Å². The third-order valence-electron chi connectivity index (χ3n) is 4.20. The largest absolute Gasteiger partial charge is 0.238 e. The molecule has 0 aromatic heterocycles. The van der Waals surface area contributed by atoms with Crippen LogP contribution in [0.5, 0.6) is 0 Å². The highest BCUT2D eigenvalue weighted by Gasteiger charge is 2.20. The molecule has 0 bridgehead atoms. The van der Waals surface area contributed by atoms with Crippen LogP contribution in [-0.2, 0) is 10.0 Å². The summed E-state index contributed by atoms with van der Waals surface area (Å²) in [5, 5.41) is 5.12. The number of hydrogen-bond donors (Lipinski definition) is 1. The summed E-state index contributed by atoms with van der Waals surface area (Å²) in [6.45, 7) is 1.86. The zero-order chi connectivity index (χ0) is 16.6. The Morgan fingerprint density at radius 3 is 2.26 bits per heavy atom. The molecule has 2 aromatic rings. The lowest BCUT2D eigenvalue weighted by Crippen LogP contribution is -2.11. The van der Waals surface area contributed by atoms with E-state index in [9.17, 15) is 12.8 Å². The van der Waals surface area contributed by atoms with Crippen LogP contribution in [0.25, 0.3) is 11.1 Å². The predicted octanol–water partition coefficient (Wildman–Crippen LogP) is 3.88. The summed E-state index contributed by atoms with van der Waals surface area (Å²) in [4.78, 5) is 0.0860. The molecule has 5 heteroatoms. The highest BCUT2D eigenvalue weighted by molar-refractivity contribution is 7.89. The fourth-order valence-electron chi connectivity index (χ4n) is 3.07. The minimum atomic E-state index is -3.70. The van der Waals surface area contributed by atoms with E-state index in [0.29, 0.717) is 5.56 Å². The maximum atomic E-state index is 14.3. The van der Waals surface area contributed by atoms with Crippen LogP contribution in [-0.4, -0.2) is 8.42 Å². The fourth-order valence-corrected chi connectivity index (χ4v) is 3.59.